The van der Waals surface area contributed by atoms with Gasteiger partial charge in [-0.3, -0.25) is 0 Å². The van der Waals surface area contributed by atoms with E-state index in [-0.39, 0.29) is 0 Å². The highest BCUT2D eigenvalue weighted by atomic mass is 32.1. The molecule has 6 aromatic heterocycles. The van der Waals surface area contributed by atoms with Crippen LogP contribution in [-0.2, 0) is 0 Å². The minimum atomic E-state index is 0.929. The smallest absolute Gasteiger partial charge is 0.0972 e. The quantitative estimate of drug-likeness (QED) is 0.189. The molecular weight excluding hydrogens is 541 g/mol. The van der Waals surface area contributed by atoms with Crippen LogP contribution in [0, 0.1) is 0 Å². The maximum Gasteiger partial charge on any atom is 0.0972 e. The molecule has 0 aliphatic heterocycles. The van der Waals surface area contributed by atoms with Gasteiger partial charge in [0.2, 0.25) is 0 Å². The molecule has 0 bridgehead atoms. The van der Waals surface area contributed by atoms with E-state index in [2.05, 4.69) is 120 Å². The van der Waals surface area contributed by atoms with Gasteiger partial charge < -0.3 is 0 Å². The maximum atomic E-state index is 5.00. The minimum Gasteiger partial charge on any atom is -0.246 e. The molecule has 0 spiro atoms. The van der Waals surface area contributed by atoms with Crippen LogP contribution in [0.5, 0.6) is 0 Å². The van der Waals surface area contributed by atoms with Gasteiger partial charge in [0.1, 0.15) is 0 Å². The van der Waals surface area contributed by atoms with Crippen LogP contribution in [0.1, 0.15) is 21.1 Å². The first-order chi connectivity index (χ1) is 18.8. The van der Waals surface area contributed by atoms with Crippen molar-refractivity contribution in [2.75, 3.05) is 0 Å². The van der Waals surface area contributed by atoms with Crippen molar-refractivity contribution >= 4 is 91.5 Å². The maximum absolute atomic E-state index is 5.00. The number of hydrogen-bond acceptors (Lipinski definition) is 6. The molecule has 6 heteroatoms. The van der Waals surface area contributed by atoms with Gasteiger partial charge >= 0.3 is 0 Å². The van der Waals surface area contributed by atoms with Crippen LogP contribution in [0.3, 0.4) is 0 Å². The van der Waals surface area contributed by atoms with Gasteiger partial charge in [0.05, 0.1) is 22.4 Å². The molecule has 2 nitrogen and oxygen atoms in total. The summed E-state index contributed by atoms with van der Waals surface area (Å²) in [7, 11) is 0. The van der Waals surface area contributed by atoms with Crippen LogP contribution in [0.2, 0.25) is 0 Å². The third-order valence-electron chi connectivity index (χ3n) is 6.18. The van der Waals surface area contributed by atoms with Gasteiger partial charge in [-0.05, 0) is 83.6 Å². The molecule has 7 aromatic rings. The van der Waals surface area contributed by atoms with Gasteiger partial charge in [-0.1, -0.05) is 36.4 Å². The predicted octanol–water partition coefficient (Wildman–Crippen LogP) is 10.7. The van der Waals surface area contributed by atoms with Crippen LogP contribution in [0.4, 0.5) is 0 Å². The third kappa shape index (κ3) is 4.79. The van der Waals surface area contributed by atoms with Crippen molar-refractivity contribution in [3.05, 3.63) is 117 Å². The molecule has 0 aliphatic rings. The van der Waals surface area contributed by atoms with E-state index in [1.165, 1.54) is 29.3 Å². The largest absolute Gasteiger partial charge is 0.246 e. The van der Waals surface area contributed by atoms with E-state index in [1.807, 2.05) is 0 Å². The van der Waals surface area contributed by atoms with E-state index >= 15 is 0 Å². The highest BCUT2D eigenvalue weighted by Gasteiger charge is 2.07. The fraction of sp³-hybridized carbons (Fsp3) is 0. The summed E-state index contributed by atoms with van der Waals surface area (Å²) in [6.45, 7) is 0. The fourth-order valence-corrected chi connectivity index (χ4v) is 7.80. The second-order valence-electron chi connectivity index (χ2n) is 8.71. The molecule has 7 rings (SSSR count). The molecule has 0 radical (unpaired) electrons. The zero-order chi connectivity index (χ0) is 25.3. The number of rotatable bonds is 6. The number of thiophene rings is 4. The summed E-state index contributed by atoms with van der Waals surface area (Å²) in [5, 5.41) is 6.43. The molecule has 0 aliphatic carbocycles. The average molecular weight is 561 g/mol. The second kappa shape index (κ2) is 10.2. The van der Waals surface area contributed by atoms with Crippen LogP contribution >= 0.6 is 45.3 Å². The number of fused-ring (bicyclic) bond motifs is 3. The lowest BCUT2D eigenvalue weighted by Gasteiger charge is -2.05. The monoisotopic (exact) mass is 560 g/mol. The topological polar surface area (TPSA) is 25.8 Å². The highest BCUT2D eigenvalue weighted by molar-refractivity contribution is 7.22. The molecule has 0 saturated carbocycles. The molecular formula is C32H20N2S4. The van der Waals surface area contributed by atoms with Gasteiger partial charge in [0, 0.05) is 40.0 Å². The Hall–Kier alpha value is -3.68. The Morgan fingerprint density at radius 3 is 1.37 bits per heavy atom. The highest BCUT2D eigenvalue weighted by Crippen LogP contribution is 2.33. The van der Waals surface area contributed by atoms with Gasteiger partial charge in [-0.2, -0.15) is 0 Å². The average Bonchev–Trinajstić information content (AvgIpc) is 3.77. The van der Waals surface area contributed by atoms with Crippen molar-refractivity contribution in [3.63, 3.8) is 0 Å². The summed E-state index contributed by atoms with van der Waals surface area (Å²) in [4.78, 5) is 17.7. The first-order valence-electron chi connectivity index (χ1n) is 12.1. The van der Waals surface area contributed by atoms with Crippen molar-refractivity contribution in [2.45, 2.75) is 0 Å². The normalized spacial score (nSPS) is 12.0. The van der Waals surface area contributed by atoms with Crippen molar-refractivity contribution in [1.29, 1.82) is 0 Å². The summed E-state index contributed by atoms with van der Waals surface area (Å²) >= 11 is 7.15. The van der Waals surface area contributed by atoms with Crippen LogP contribution in [0.15, 0.2) is 95.7 Å². The molecule has 0 N–H and O–H groups in total. The zero-order valence-corrected chi connectivity index (χ0v) is 23.3. The predicted molar refractivity (Wildman–Crippen MR) is 170 cm³/mol. The SMILES string of the molecule is C(=Cc1ccc(-c2cccs2)s1)c1ccc2ccc3ccc(C=Cc4ccc(-c5cccs5)s4)nc3c2n1. The van der Waals surface area contributed by atoms with Gasteiger partial charge in [0.15, 0.2) is 0 Å². The summed E-state index contributed by atoms with van der Waals surface area (Å²) in [6, 6.07) is 29.9. The Bertz CT molecular complexity index is 1780. The number of hydrogen-bond donors (Lipinski definition) is 0. The van der Waals surface area contributed by atoms with E-state index in [4.69, 9.17) is 9.97 Å². The summed E-state index contributed by atoms with van der Waals surface area (Å²) in [5.41, 5.74) is 3.72. The van der Waals surface area contributed by atoms with Gasteiger partial charge in [0.25, 0.3) is 0 Å². The molecule has 38 heavy (non-hydrogen) atoms. The Kier molecular flexibility index (Phi) is 6.31. The molecule has 0 amide bonds. The fourth-order valence-electron chi connectivity index (χ4n) is 4.31. The van der Waals surface area contributed by atoms with E-state index in [0.29, 0.717) is 0 Å². The Morgan fingerprint density at radius 2 is 0.921 bits per heavy atom. The van der Waals surface area contributed by atoms with Crippen molar-refractivity contribution in [3.8, 4) is 19.5 Å². The van der Waals surface area contributed by atoms with Crippen LogP contribution < -0.4 is 0 Å². The first kappa shape index (κ1) is 23.4. The lowest BCUT2D eigenvalue weighted by Crippen LogP contribution is -1.89. The van der Waals surface area contributed by atoms with E-state index in [1.54, 1.807) is 45.3 Å². The summed E-state index contributed by atoms with van der Waals surface area (Å²) in [5.74, 6) is 0. The van der Waals surface area contributed by atoms with Gasteiger partial charge in [-0.25, -0.2) is 9.97 Å². The summed E-state index contributed by atoms with van der Waals surface area (Å²) in [6.07, 6.45) is 8.48. The Balaban J connectivity index is 1.18. The number of aromatic nitrogens is 2. The Labute approximate surface area is 236 Å². The number of benzene rings is 1. The summed E-state index contributed by atoms with van der Waals surface area (Å²) < 4.78 is 0. The van der Waals surface area contributed by atoms with Crippen molar-refractivity contribution in [2.24, 2.45) is 0 Å². The molecule has 182 valence electrons. The van der Waals surface area contributed by atoms with E-state index < -0.39 is 0 Å². The first-order valence-corrected chi connectivity index (χ1v) is 15.5. The minimum absolute atomic E-state index is 0.929. The second-order valence-corrected chi connectivity index (χ2v) is 12.8. The molecule has 0 atom stereocenters. The van der Waals surface area contributed by atoms with E-state index in [9.17, 15) is 0 Å². The van der Waals surface area contributed by atoms with Gasteiger partial charge in [-0.15, -0.1) is 45.3 Å². The molecule has 0 unspecified atom stereocenters. The van der Waals surface area contributed by atoms with E-state index in [0.717, 1.165) is 33.2 Å². The number of nitrogens with zero attached hydrogens (tertiary/aromatic N) is 2. The standard InChI is InChI=1S/C32H20N2S4/c1-3-27(35-19-1)29-17-15-25(37-29)13-11-23-9-7-21-5-6-22-8-10-24(34-32(22)31(21)33-23)12-14-26-16-18-30(38-26)28-4-2-20-36-28/h1-20H. The van der Waals surface area contributed by atoms with Crippen LogP contribution in [-0.4, -0.2) is 9.97 Å². The lowest BCUT2D eigenvalue weighted by molar-refractivity contribution is 1.34. The molecule has 0 fully saturated rings. The Morgan fingerprint density at radius 1 is 0.447 bits per heavy atom. The van der Waals surface area contributed by atoms with Crippen molar-refractivity contribution in [1.82, 2.24) is 9.97 Å². The van der Waals surface area contributed by atoms with Crippen molar-refractivity contribution < 1.29 is 0 Å². The molecule has 6 heterocycles. The molecule has 0 saturated heterocycles. The zero-order valence-electron chi connectivity index (χ0n) is 20.1. The molecule has 1 aromatic carbocycles. The number of pyridine rings is 2. The van der Waals surface area contributed by atoms with Crippen LogP contribution in [0.25, 0.3) is 65.6 Å². The third-order valence-corrected chi connectivity index (χ3v) is 10.4. The lowest BCUT2D eigenvalue weighted by atomic mass is 10.1.